The highest BCUT2D eigenvalue weighted by Crippen LogP contribution is 2.31. The van der Waals surface area contributed by atoms with Gasteiger partial charge in [0.25, 0.3) is 0 Å². The quantitative estimate of drug-likeness (QED) is 0.878. The van der Waals surface area contributed by atoms with Crippen LogP contribution in [0.15, 0.2) is 51.8 Å². The second kappa shape index (κ2) is 6.60. The molecule has 0 aliphatic carbocycles. The Kier molecular flexibility index (Phi) is 5.03. The number of ether oxygens (including phenoxy) is 1. The smallest absolute Gasteiger partial charge is 0.175 e. The fourth-order valence-corrected chi connectivity index (χ4v) is 2.97. The van der Waals surface area contributed by atoms with Crippen molar-refractivity contribution in [3.63, 3.8) is 0 Å². The molecule has 0 aliphatic rings. The molecule has 0 spiro atoms. The second-order valence-electron chi connectivity index (χ2n) is 4.65. The number of nitrogens with two attached hydrogens (primary N) is 1. The van der Waals surface area contributed by atoms with E-state index in [1.165, 1.54) is 18.4 Å². The van der Waals surface area contributed by atoms with Gasteiger partial charge in [-0.2, -0.15) is 0 Å². The fraction of sp³-hybridized carbons (Fsp3) is 0.200. The summed E-state index contributed by atoms with van der Waals surface area (Å²) in [4.78, 5) is 0.271. The van der Waals surface area contributed by atoms with Gasteiger partial charge in [-0.15, -0.1) is 0 Å². The summed E-state index contributed by atoms with van der Waals surface area (Å²) in [6, 6.07) is 12.1. The first-order chi connectivity index (χ1) is 9.90. The number of hydrogen-bond donors (Lipinski definition) is 1. The van der Waals surface area contributed by atoms with E-state index < -0.39 is 9.84 Å². The van der Waals surface area contributed by atoms with Crippen molar-refractivity contribution in [3.8, 4) is 11.5 Å². The lowest BCUT2D eigenvalue weighted by Crippen LogP contribution is -2.02. The third-order valence-corrected chi connectivity index (χ3v) is 4.66. The maximum absolute atomic E-state index is 11.4. The van der Waals surface area contributed by atoms with E-state index in [2.05, 4.69) is 15.9 Å². The Balaban J connectivity index is 2.18. The van der Waals surface area contributed by atoms with Gasteiger partial charge in [-0.3, -0.25) is 0 Å². The van der Waals surface area contributed by atoms with Gasteiger partial charge in [0, 0.05) is 6.26 Å². The zero-order valence-electron chi connectivity index (χ0n) is 11.5. The van der Waals surface area contributed by atoms with Crippen molar-refractivity contribution in [2.24, 2.45) is 5.73 Å². The first kappa shape index (κ1) is 16.0. The minimum absolute atomic E-state index is 0.271. The molecule has 0 heterocycles. The third-order valence-electron chi connectivity index (χ3n) is 2.91. The molecule has 0 unspecified atom stereocenters. The van der Waals surface area contributed by atoms with Crippen LogP contribution < -0.4 is 10.5 Å². The van der Waals surface area contributed by atoms with E-state index in [9.17, 15) is 8.42 Å². The van der Waals surface area contributed by atoms with Crippen LogP contribution >= 0.6 is 15.9 Å². The summed E-state index contributed by atoms with van der Waals surface area (Å²) in [6.45, 7) is 0.597. The molecule has 112 valence electrons. The van der Waals surface area contributed by atoms with Crippen molar-refractivity contribution in [2.45, 2.75) is 11.3 Å². The molecule has 2 aromatic rings. The molecule has 0 saturated heterocycles. The topological polar surface area (TPSA) is 69.4 Å². The van der Waals surface area contributed by atoms with Gasteiger partial charge in [0.15, 0.2) is 9.84 Å². The number of halogens is 1. The summed E-state index contributed by atoms with van der Waals surface area (Å²) in [5.41, 5.74) is 6.65. The lowest BCUT2D eigenvalue weighted by Gasteiger charge is -2.09. The Morgan fingerprint density at radius 3 is 2.33 bits per heavy atom. The average molecular weight is 370 g/mol. The number of hydrogen-bond acceptors (Lipinski definition) is 4. The van der Waals surface area contributed by atoms with Crippen LogP contribution in [0.25, 0.3) is 0 Å². The van der Waals surface area contributed by atoms with Crippen molar-refractivity contribution < 1.29 is 13.2 Å². The van der Waals surface area contributed by atoms with E-state index in [0.29, 0.717) is 18.0 Å². The van der Waals surface area contributed by atoms with Crippen molar-refractivity contribution in [1.82, 2.24) is 0 Å². The first-order valence-electron chi connectivity index (χ1n) is 6.36. The molecule has 2 aromatic carbocycles. The predicted octanol–water partition coefficient (Wildman–Crippen LogP) is 3.15. The lowest BCUT2D eigenvalue weighted by atomic mass is 10.1. The normalized spacial score (nSPS) is 11.4. The summed E-state index contributed by atoms with van der Waals surface area (Å²) in [5, 5.41) is 0. The minimum atomic E-state index is -3.19. The average Bonchev–Trinajstić information content (AvgIpc) is 2.42. The minimum Gasteiger partial charge on any atom is -0.456 e. The van der Waals surface area contributed by atoms with Gasteiger partial charge in [-0.05, 0) is 70.9 Å². The van der Waals surface area contributed by atoms with Crippen LogP contribution in [0.1, 0.15) is 5.56 Å². The van der Waals surface area contributed by atoms with Crippen molar-refractivity contribution >= 4 is 25.8 Å². The zero-order valence-corrected chi connectivity index (χ0v) is 13.9. The Labute approximate surface area is 133 Å². The number of benzene rings is 2. The second-order valence-corrected chi connectivity index (χ2v) is 7.52. The maximum Gasteiger partial charge on any atom is 0.175 e. The fourth-order valence-electron chi connectivity index (χ4n) is 1.83. The van der Waals surface area contributed by atoms with Crippen LogP contribution in [0, 0.1) is 0 Å². The van der Waals surface area contributed by atoms with E-state index in [-0.39, 0.29) is 4.90 Å². The molecule has 0 aromatic heterocycles. The molecule has 0 fully saturated rings. The summed E-state index contributed by atoms with van der Waals surface area (Å²) < 4.78 is 29.4. The van der Waals surface area contributed by atoms with Gasteiger partial charge in [0.05, 0.1) is 9.37 Å². The van der Waals surface area contributed by atoms with E-state index in [1.54, 1.807) is 12.1 Å². The summed E-state index contributed by atoms with van der Waals surface area (Å²) in [5.74, 6) is 1.25. The van der Waals surface area contributed by atoms with Gasteiger partial charge in [-0.25, -0.2) is 8.42 Å². The van der Waals surface area contributed by atoms with Gasteiger partial charge >= 0.3 is 0 Å². The molecule has 0 radical (unpaired) electrons. The number of sulfone groups is 1. The molecule has 0 aliphatic heterocycles. The van der Waals surface area contributed by atoms with E-state index in [0.717, 1.165) is 16.5 Å². The predicted molar refractivity (Wildman–Crippen MR) is 86.5 cm³/mol. The van der Waals surface area contributed by atoms with Crippen LogP contribution in [-0.2, 0) is 16.3 Å². The number of rotatable bonds is 5. The van der Waals surface area contributed by atoms with Crippen molar-refractivity contribution in [3.05, 3.63) is 52.5 Å². The molecule has 0 atom stereocenters. The molecule has 6 heteroatoms. The molecule has 0 bridgehead atoms. The van der Waals surface area contributed by atoms with E-state index in [4.69, 9.17) is 10.5 Å². The maximum atomic E-state index is 11.4. The Morgan fingerprint density at radius 2 is 1.81 bits per heavy atom. The third kappa shape index (κ3) is 4.30. The van der Waals surface area contributed by atoms with Gasteiger partial charge in [0.1, 0.15) is 11.5 Å². The lowest BCUT2D eigenvalue weighted by molar-refractivity contribution is 0.479. The largest absolute Gasteiger partial charge is 0.456 e. The van der Waals surface area contributed by atoms with Gasteiger partial charge < -0.3 is 10.5 Å². The summed E-state index contributed by atoms with van der Waals surface area (Å²) in [7, 11) is -3.19. The Morgan fingerprint density at radius 1 is 1.14 bits per heavy atom. The highest BCUT2D eigenvalue weighted by atomic mass is 79.9. The zero-order chi connectivity index (χ0) is 15.5. The molecular weight excluding hydrogens is 354 g/mol. The first-order valence-corrected chi connectivity index (χ1v) is 9.05. The monoisotopic (exact) mass is 369 g/mol. The molecule has 2 N–H and O–H groups in total. The molecule has 21 heavy (non-hydrogen) atoms. The van der Waals surface area contributed by atoms with Crippen LogP contribution in [0.2, 0.25) is 0 Å². The van der Waals surface area contributed by atoms with Crippen LogP contribution in [0.4, 0.5) is 0 Å². The molecular formula is C15H16BrNO3S. The van der Waals surface area contributed by atoms with E-state index in [1.807, 2.05) is 18.2 Å². The van der Waals surface area contributed by atoms with Gasteiger partial charge in [-0.1, -0.05) is 6.07 Å². The molecule has 2 rings (SSSR count). The van der Waals surface area contributed by atoms with Crippen LogP contribution in [-0.4, -0.2) is 21.2 Å². The Hall–Kier alpha value is -1.37. The standard InChI is InChI=1S/C15H16BrNO3S/c1-21(18,19)13-5-3-12(4-6-13)20-15-7-2-11(8-9-17)10-14(15)16/h2-7,10H,8-9,17H2,1H3. The van der Waals surface area contributed by atoms with Crippen LogP contribution in [0.3, 0.4) is 0 Å². The highest BCUT2D eigenvalue weighted by Gasteiger charge is 2.08. The molecule has 4 nitrogen and oxygen atoms in total. The molecule has 0 saturated carbocycles. The van der Waals surface area contributed by atoms with Gasteiger partial charge in [0.2, 0.25) is 0 Å². The van der Waals surface area contributed by atoms with E-state index >= 15 is 0 Å². The molecule has 0 amide bonds. The van der Waals surface area contributed by atoms with Crippen LogP contribution in [0.5, 0.6) is 11.5 Å². The Bertz CT molecular complexity index is 727. The summed E-state index contributed by atoms with van der Waals surface area (Å²) >= 11 is 3.46. The summed E-state index contributed by atoms with van der Waals surface area (Å²) in [6.07, 6.45) is 1.98. The SMILES string of the molecule is CS(=O)(=O)c1ccc(Oc2ccc(CCN)cc2Br)cc1. The van der Waals surface area contributed by atoms with Crippen molar-refractivity contribution in [2.75, 3.05) is 12.8 Å². The van der Waals surface area contributed by atoms with Crippen molar-refractivity contribution in [1.29, 1.82) is 0 Å². The highest BCUT2D eigenvalue weighted by molar-refractivity contribution is 9.10.